The summed E-state index contributed by atoms with van der Waals surface area (Å²) in [7, 11) is 0. The van der Waals surface area contributed by atoms with E-state index in [0.717, 1.165) is 11.3 Å². The molecule has 4 N–H and O–H groups in total. The summed E-state index contributed by atoms with van der Waals surface area (Å²) in [5.74, 6) is 0.951. The second kappa shape index (κ2) is 6.21. The van der Waals surface area contributed by atoms with Crippen LogP contribution in [0.5, 0.6) is 0 Å². The molecule has 0 aliphatic carbocycles. The van der Waals surface area contributed by atoms with Crippen molar-refractivity contribution in [2.45, 2.75) is 20.4 Å². The minimum atomic E-state index is -0.403. The molecule has 0 atom stereocenters. The second-order valence-electron chi connectivity index (χ2n) is 4.98. The van der Waals surface area contributed by atoms with Gasteiger partial charge in [0.1, 0.15) is 11.6 Å². The Morgan fingerprint density at radius 3 is 2.43 bits per heavy atom. The van der Waals surface area contributed by atoms with Crippen LogP contribution in [0, 0.1) is 13.8 Å². The van der Waals surface area contributed by atoms with Gasteiger partial charge in [-0.1, -0.05) is 12.1 Å². The highest BCUT2D eigenvalue weighted by atomic mass is 16.1. The number of rotatable bonds is 5. The molecule has 0 aliphatic heterocycles. The molecule has 21 heavy (non-hydrogen) atoms. The molecule has 2 aromatic rings. The molecule has 0 aliphatic rings. The number of primary amides is 1. The van der Waals surface area contributed by atoms with E-state index < -0.39 is 5.91 Å². The number of carbonyl (C=O) groups is 1. The number of hydrogen-bond acceptors (Lipinski definition) is 5. The van der Waals surface area contributed by atoms with Gasteiger partial charge in [0, 0.05) is 24.0 Å². The number of benzene rings is 1. The summed E-state index contributed by atoms with van der Waals surface area (Å²) >= 11 is 0. The Labute approximate surface area is 123 Å². The van der Waals surface area contributed by atoms with Crippen molar-refractivity contribution < 1.29 is 4.79 Å². The van der Waals surface area contributed by atoms with Crippen LogP contribution in [0.4, 0.5) is 11.5 Å². The molecule has 0 bridgehead atoms. The molecular weight excluding hydrogens is 266 g/mol. The first-order valence-corrected chi connectivity index (χ1v) is 6.64. The fourth-order valence-corrected chi connectivity index (χ4v) is 2.11. The summed E-state index contributed by atoms with van der Waals surface area (Å²) in [5.41, 5.74) is 13.6. The lowest BCUT2D eigenvalue weighted by Gasteiger charge is -2.23. The summed E-state index contributed by atoms with van der Waals surface area (Å²) in [4.78, 5) is 21.8. The molecule has 1 aromatic heterocycles. The number of nitrogens with two attached hydrogens (primary N) is 2. The number of carbonyl (C=O) groups excluding carboxylic acids is 1. The van der Waals surface area contributed by atoms with Crippen molar-refractivity contribution in [3.05, 3.63) is 47.4 Å². The minimum absolute atomic E-state index is 0.0975. The van der Waals surface area contributed by atoms with Crippen LogP contribution in [0.1, 0.15) is 17.1 Å². The Hall–Kier alpha value is -2.63. The molecule has 6 heteroatoms. The Kier molecular flexibility index (Phi) is 4.37. The van der Waals surface area contributed by atoms with Gasteiger partial charge in [-0.15, -0.1) is 0 Å². The molecule has 110 valence electrons. The van der Waals surface area contributed by atoms with Gasteiger partial charge in [0.05, 0.1) is 6.54 Å². The van der Waals surface area contributed by atoms with E-state index in [9.17, 15) is 4.79 Å². The zero-order chi connectivity index (χ0) is 15.4. The van der Waals surface area contributed by atoms with E-state index in [2.05, 4.69) is 9.97 Å². The summed E-state index contributed by atoms with van der Waals surface area (Å²) < 4.78 is 0. The van der Waals surface area contributed by atoms with E-state index in [1.807, 2.05) is 49.1 Å². The first-order valence-electron chi connectivity index (χ1n) is 6.64. The lowest BCUT2D eigenvalue weighted by molar-refractivity contribution is -0.116. The molecule has 1 aromatic carbocycles. The highest BCUT2D eigenvalue weighted by molar-refractivity contribution is 5.79. The summed E-state index contributed by atoms with van der Waals surface area (Å²) in [6.07, 6.45) is 0. The van der Waals surface area contributed by atoms with Crippen LogP contribution in [0.3, 0.4) is 0 Å². The minimum Gasteiger partial charge on any atom is -0.399 e. The topological polar surface area (TPSA) is 98.1 Å². The Morgan fingerprint density at radius 2 is 1.86 bits per heavy atom. The van der Waals surface area contributed by atoms with E-state index in [-0.39, 0.29) is 6.54 Å². The fourth-order valence-electron chi connectivity index (χ4n) is 2.11. The number of aryl methyl sites for hydroxylation is 2. The van der Waals surface area contributed by atoms with Crippen molar-refractivity contribution in [2.24, 2.45) is 5.73 Å². The molecule has 2 rings (SSSR count). The van der Waals surface area contributed by atoms with Crippen LogP contribution in [-0.2, 0) is 11.3 Å². The quantitative estimate of drug-likeness (QED) is 0.803. The smallest absolute Gasteiger partial charge is 0.237 e. The third kappa shape index (κ3) is 4.17. The Balaban J connectivity index is 2.29. The lowest BCUT2D eigenvalue weighted by Crippen LogP contribution is -2.34. The third-order valence-electron chi connectivity index (χ3n) is 2.98. The van der Waals surface area contributed by atoms with Crippen molar-refractivity contribution >= 4 is 17.4 Å². The molecule has 0 radical (unpaired) electrons. The maximum absolute atomic E-state index is 11.3. The van der Waals surface area contributed by atoms with Crippen LogP contribution in [-0.4, -0.2) is 22.4 Å². The van der Waals surface area contributed by atoms with E-state index >= 15 is 0 Å². The number of aromatic nitrogens is 2. The lowest BCUT2D eigenvalue weighted by atomic mass is 10.2. The van der Waals surface area contributed by atoms with Crippen molar-refractivity contribution in [3.63, 3.8) is 0 Å². The molecule has 0 unspecified atom stereocenters. The van der Waals surface area contributed by atoms with Crippen molar-refractivity contribution in [1.82, 2.24) is 9.97 Å². The van der Waals surface area contributed by atoms with Gasteiger partial charge in [-0.3, -0.25) is 4.79 Å². The van der Waals surface area contributed by atoms with Crippen molar-refractivity contribution in [1.29, 1.82) is 0 Å². The Bertz CT molecular complexity index is 619. The predicted molar refractivity (Wildman–Crippen MR) is 82.6 cm³/mol. The predicted octanol–water partition coefficient (Wildman–Crippen LogP) is 1.17. The molecule has 0 saturated carbocycles. The summed E-state index contributed by atoms with van der Waals surface area (Å²) in [5, 5.41) is 0. The molecule has 1 heterocycles. The van der Waals surface area contributed by atoms with E-state index in [4.69, 9.17) is 11.5 Å². The summed E-state index contributed by atoms with van der Waals surface area (Å²) in [6, 6.07) is 9.34. The van der Waals surface area contributed by atoms with Gasteiger partial charge in [-0.25, -0.2) is 9.97 Å². The molecular formula is C15H19N5O. The molecule has 0 spiro atoms. The first kappa shape index (κ1) is 14.8. The van der Waals surface area contributed by atoms with Crippen LogP contribution < -0.4 is 16.4 Å². The highest BCUT2D eigenvalue weighted by Gasteiger charge is 2.13. The van der Waals surface area contributed by atoms with Gasteiger partial charge in [0.2, 0.25) is 5.91 Å². The van der Waals surface area contributed by atoms with Crippen LogP contribution in [0.15, 0.2) is 30.3 Å². The number of hydrogen-bond donors (Lipinski definition) is 2. The maximum Gasteiger partial charge on any atom is 0.237 e. The van der Waals surface area contributed by atoms with Gasteiger partial charge in [-0.05, 0) is 31.5 Å². The molecule has 1 amide bonds. The van der Waals surface area contributed by atoms with Crippen molar-refractivity contribution in [2.75, 3.05) is 17.2 Å². The molecule has 0 fully saturated rings. The number of nitrogen functional groups attached to an aromatic ring is 1. The standard InChI is InChI=1S/C15H19N5O/c1-10-7-15(19-11(2)18-10)20(9-14(17)21)8-12-3-5-13(16)6-4-12/h3-7H,8-9,16H2,1-2H3,(H2,17,21). The van der Waals surface area contributed by atoms with E-state index in [1.165, 1.54) is 0 Å². The van der Waals surface area contributed by atoms with E-state index in [0.29, 0.717) is 23.9 Å². The van der Waals surface area contributed by atoms with Gasteiger partial charge < -0.3 is 16.4 Å². The zero-order valence-electron chi connectivity index (χ0n) is 12.2. The molecule has 6 nitrogen and oxygen atoms in total. The largest absolute Gasteiger partial charge is 0.399 e. The summed E-state index contributed by atoms with van der Waals surface area (Å²) in [6.45, 7) is 4.34. The van der Waals surface area contributed by atoms with Crippen LogP contribution >= 0.6 is 0 Å². The zero-order valence-corrected chi connectivity index (χ0v) is 12.2. The fraction of sp³-hybridized carbons (Fsp3) is 0.267. The first-order chi connectivity index (χ1) is 9.94. The van der Waals surface area contributed by atoms with Gasteiger partial charge in [0.25, 0.3) is 0 Å². The normalized spacial score (nSPS) is 10.4. The third-order valence-corrected chi connectivity index (χ3v) is 2.98. The average Bonchev–Trinajstić information content (AvgIpc) is 2.39. The van der Waals surface area contributed by atoms with Gasteiger partial charge in [-0.2, -0.15) is 0 Å². The Morgan fingerprint density at radius 1 is 1.19 bits per heavy atom. The number of anilines is 2. The van der Waals surface area contributed by atoms with Gasteiger partial charge in [0.15, 0.2) is 0 Å². The number of nitrogens with zero attached hydrogens (tertiary/aromatic N) is 3. The maximum atomic E-state index is 11.3. The van der Waals surface area contributed by atoms with Gasteiger partial charge >= 0.3 is 0 Å². The monoisotopic (exact) mass is 285 g/mol. The number of amides is 1. The average molecular weight is 285 g/mol. The SMILES string of the molecule is Cc1cc(N(CC(N)=O)Cc2ccc(N)cc2)nc(C)n1. The van der Waals surface area contributed by atoms with Crippen LogP contribution in [0.25, 0.3) is 0 Å². The highest BCUT2D eigenvalue weighted by Crippen LogP contribution is 2.16. The van der Waals surface area contributed by atoms with E-state index in [1.54, 1.807) is 0 Å². The molecule has 0 saturated heterocycles. The second-order valence-corrected chi connectivity index (χ2v) is 4.98. The van der Waals surface area contributed by atoms with Crippen molar-refractivity contribution in [3.8, 4) is 0 Å². The van der Waals surface area contributed by atoms with Crippen LogP contribution in [0.2, 0.25) is 0 Å².